The molecule has 0 aliphatic rings. The van der Waals surface area contributed by atoms with Gasteiger partial charge in [-0.25, -0.2) is 4.79 Å². The van der Waals surface area contributed by atoms with E-state index in [1.807, 2.05) is 0 Å². The average Bonchev–Trinajstić information content (AvgIpc) is 3.17. The van der Waals surface area contributed by atoms with Crippen LogP contribution in [0.1, 0.15) is 23.7 Å². The van der Waals surface area contributed by atoms with Gasteiger partial charge in [-0.05, 0) is 36.2 Å². The van der Waals surface area contributed by atoms with Crippen LogP contribution >= 0.6 is 46.1 Å². The molecule has 0 spiro atoms. The van der Waals surface area contributed by atoms with Crippen molar-refractivity contribution in [3.63, 3.8) is 0 Å². The molecule has 0 radical (unpaired) electrons. The zero-order valence-electron chi connectivity index (χ0n) is 16.6. The number of ether oxygens (including phenoxy) is 2. The van der Waals surface area contributed by atoms with E-state index in [1.54, 1.807) is 54.8 Å². The van der Waals surface area contributed by atoms with Crippen LogP contribution in [0.25, 0.3) is 11.1 Å². The van der Waals surface area contributed by atoms with Gasteiger partial charge in [0.25, 0.3) is 5.91 Å². The predicted molar refractivity (Wildman–Crippen MR) is 126 cm³/mol. The van der Waals surface area contributed by atoms with Crippen molar-refractivity contribution >= 4 is 63.0 Å². The second-order valence-corrected chi connectivity index (χ2v) is 8.59. The van der Waals surface area contributed by atoms with Crippen LogP contribution in [0.5, 0.6) is 5.75 Å². The molecule has 0 saturated carbocycles. The molecule has 0 aliphatic carbocycles. The Morgan fingerprint density at radius 2 is 1.74 bits per heavy atom. The predicted octanol–water partition coefficient (Wildman–Crippen LogP) is 6.96. The molecular formula is C22H18Cl3NO4S. The van der Waals surface area contributed by atoms with Gasteiger partial charge in [0.2, 0.25) is 0 Å². The smallest absolute Gasteiger partial charge is 0.341 e. The zero-order chi connectivity index (χ0) is 22.5. The molecule has 0 bridgehead atoms. The number of benzene rings is 2. The van der Waals surface area contributed by atoms with E-state index < -0.39 is 18.0 Å². The first-order valence-electron chi connectivity index (χ1n) is 9.22. The minimum Gasteiger partial charge on any atom is -0.479 e. The summed E-state index contributed by atoms with van der Waals surface area (Å²) in [5, 5.41) is 6.28. The normalized spacial score (nSPS) is 11.6. The van der Waals surface area contributed by atoms with Crippen molar-refractivity contribution < 1.29 is 19.1 Å². The first kappa shape index (κ1) is 23.4. The lowest BCUT2D eigenvalue weighted by molar-refractivity contribution is -0.122. The number of hydrogen-bond acceptors (Lipinski definition) is 5. The molecule has 1 amide bonds. The topological polar surface area (TPSA) is 64.6 Å². The third kappa shape index (κ3) is 5.52. The lowest BCUT2D eigenvalue weighted by Gasteiger charge is -2.18. The number of hydrogen-bond donors (Lipinski definition) is 1. The Morgan fingerprint density at radius 3 is 2.39 bits per heavy atom. The molecule has 1 aromatic heterocycles. The second-order valence-electron chi connectivity index (χ2n) is 6.43. The van der Waals surface area contributed by atoms with Gasteiger partial charge in [0.1, 0.15) is 16.3 Å². The van der Waals surface area contributed by atoms with Crippen LogP contribution in [-0.4, -0.2) is 25.1 Å². The van der Waals surface area contributed by atoms with Crippen molar-refractivity contribution in [2.24, 2.45) is 0 Å². The quantitative estimate of drug-likeness (QED) is 0.358. The van der Waals surface area contributed by atoms with Gasteiger partial charge in [0, 0.05) is 27.1 Å². The Labute approximate surface area is 198 Å². The Morgan fingerprint density at radius 1 is 1.06 bits per heavy atom. The maximum atomic E-state index is 12.9. The highest BCUT2D eigenvalue weighted by molar-refractivity contribution is 7.15. The van der Waals surface area contributed by atoms with Gasteiger partial charge in [-0.1, -0.05) is 53.9 Å². The minimum absolute atomic E-state index is 0.263. The summed E-state index contributed by atoms with van der Waals surface area (Å²) in [6, 6.07) is 11.8. The molecule has 2 aromatic carbocycles. The van der Waals surface area contributed by atoms with E-state index in [0.29, 0.717) is 37.8 Å². The highest BCUT2D eigenvalue weighted by Crippen LogP contribution is 2.37. The maximum Gasteiger partial charge on any atom is 0.341 e. The van der Waals surface area contributed by atoms with Crippen LogP contribution in [0, 0.1) is 0 Å². The molecular weight excluding hydrogens is 481 g/mol. The summed E-state index contributed by atoms with van der Waals surface area (Å²) in [5.74, 6) is -0.682. The number of amides is 1. The van der Waals surface area contributed by atoms with E-state index in [-0.39, 0.29) is 5.56 Å². The summed E-state index contributed by atoms with van der Waals surface area (Å²) in [7, 11) is 1.29. The molecule has 3 rings (SSSR count). The van der Waals surface area contributed by atoms with Gasteiger partial charge >= 0.3 is 5.97 Å². The fourth-order valence-corrected chi connectivity index (χ4v) is 4.24. The Balaban J connectivity index is 1.88. The fourth-order valence-electron chi connectivity index (χ4n) is 2.83. The lowest BCUT2D eigenvalue weighted by atomic mass is 10.0. The van der Waals surface area contributed by atoms with Gasteiger partial charge in [-0.15, -0.1) is 11.3 Å². The zero-order valence-corrected chi connectivity index (χ0v) is 19.7. The minimum atomic E-state index is -0.845. The van der Waals surface area contributed by atoms with E-state index in [2.05, 4.69) is 5.32 Å². The molecule has 0 aliphatic heterocycles. The molecule has 1 heterocycles. The molecule has 0 unspecified atom stereocenters. The number of carbonyl (C=O) groups excluding carboxylic acids is 2. The Bertz CT molecular complexity index is 1100. The second kappa shape index (κ2) is 10.4. The molecule has 5 nitrogen and oxygen atoms in total. The molecule has 31 heavy (non-hydrogen) atoms. The van der Waals surface area contributed by atoms with E-state index in [9.17, 15) is 9.59 Å². The largest absolute Gasteiger partial charge is 0.479 e. The third-order valence-corrected chi connectivity index (χ3v) is 6.09. The molecule has 9 heteroatoms. The fraction of sp³-hybridized carbons (Fsp3) is 0.182. The molecule has 1 N–H and O–H groups in total. The number of nitrogens with one attached hydrogen (secondary N) is 1. The number of halogens is 3. The number of carbonyl (C=O) groups is 2. The lowest BCUT2D eigenvalue weighted by Crippen LogP contribution is -2.32. The molecule has 0 saturated heterocycles. The van der Waals surface area contributed by atoms with Crippen LogP contribution in [0.2, 0.25) is 15.1 Å². The summed E-state index contributed by atoms with van der Waals surface area (Å²) < 4.78 is 10.7. The van der Waals surface area contributed by atoms with Crippen molar-refractivity contribution in [2.45, 2.75) is 19.4 Å². The first-order valence-corrected chi connectivity index (χ1v) is 11.2. The van der Waals surface area contributed by atoms with Crippen LogP contribution in [-0.2, 0) is 9.53 Å². The maximum absolute atomic E-state index is 12.9. The van der Waals surface area contributed by atoms with Gasteiger partial charge in [-0.2, -0.15) is 0 Å². The van der Waals surface area contributed by atoms with E-state index in [0.717, 1.165) is 5.56 Å². The third-order valence-electron chi connectivity index (χ3n) is 4.40. The van der Waals surface area contributed by atoms with Crippen LogP contribution < -0.4 is 10.1 Å². The number of esters is 1. The summed E-state index contributed by atoms with van der Waals surface area (Å²) in [6.45, 7) is 1.80. The molecule has 0 fully saturated rings. The number of anilines is 1. The van der Waals surface area contributed by atoms with Crippen molar-refractivity contribution in [2.75, 3.05) is 12.4 Å². The van der Waals surface area contributed by atoms with Gasteiger partial charge in [-0.3, -0.25) is 4.79 Å². The van der Waals surface area contributed by atoms with Crippen LogP contribution in [0.4, 0.5) is 5.00 Å². The standard InChI is InChI=1S/C22H18Cl3NO4S/c1-3-17(30-18-10-14(24)8-9-16(18)25)20(27)26-21-19(22(28)29-2)15(11-31-21)12-4-6-13(23)7-5-12/h4-11,17H,3H2,1-2H3,(H,26,27)/t17-/m1/s1. The molecule has 3 aromatic rings. The first-order chi connectivity index (χ1) is 14.8. The number of rotatable bonds is 7. The summed E-state index contributed by atoms with van der Waals surface area (Å²) in [5.41, 5.74) is 1.67. The van der Waals surface area contributed by atoms with Gasteiger partial charge in [0.15, 0.2) is 6.10 Å². The molecule has 1 atom stereocenters. The SMILES string of the molecule is CC[C@@H](Oc1cc(Cl)ccc1Cl)C(=O)Nc1scc(-c2ccc(Cl)cc2)c1C(=O)OC. The summed E-state index contributed by atoms with van der Waals surface area (Å²) >= 11 is 19.3. The van der Waals surface area contributed by atoms with Gasteiger partial charge < -0.3 is 14.8 Å². The van der Waals surface area contributed by atoms with E-state index in [4.69, 9.17) is 44.3 Å². The number of thiophene rings is 1. The van der Waals surface area contributed by atoms with Crippen molar-refractivity contribution in [3.05, 3.63) is 68.5 Å². The van der Waals surface area contributed by atoms with Crippen LogP contribution in [0.3, 0.4) is 0 Å². The highest BCUT2D eigenvalue weighted by Gasteiger charge is 2.26. The highest BCUT2D eigenvalue weighted by atomic mass is 35.5. The average molecular weight is 499 g/mol. The summed E-state index contributed by atoms with van der Waals surface area (Å²) in [6.07, 6.45) is -0.472. The summed E-state index contributed by atoms with van der Waals surface area (Å²) in [4.78, 5) is 25.4. The Kier molecular flexibility index (Phi) is 7.84. The van der Waals surface area contributed by atoms with Gasteiger partial charge in [0.05, 0.1) is 12.1 Å². The van der Waals surface area contributed by atoms with Crippen LogP contribution in [0.15, 0.2) is 47.8 Å². The van der Waals surface area contributed by atoms with E-state index >= 15 is 0 Å². The van der Waals surface area contributed by atoms with Crippen molar-refractivity contribution in [1.82, 2.24) is 0 Å². The number of methoxy groups -OCH3 is 1. The van der Waals surface area contributed by atoms with Crippen molar-refractivity contribution in [3.8, 4) is 16.9 Å². The van der Waals surface area contributed by atoms with E-state index in [1.165, 1.54) is 18.4 Å². The monoisotopic (exact) mass is 497 g/mol. The Hall–Kier alpha value is -2.25. The van der Waals surface area contributed by atoms with Crippen molar-refractivity contribution in [1.29, 1.82) is 0 Å². The molecule has 162 valence electrons.